The molecule has 1 atom stereocenters. The van der Waals surface area contributed by atoms with Crippen molar-refractivity contribution >= 4 is 17.6 Å². The Labute approximate surface area is 189 Å². The van der Waals surface area contributed by atoms with Crippen LogP contribution in [0.15, 0.2) is 36.5 Å². The van der Waals surface area contributed by atoms with E-state index in [0.717, 1.165) is 17.0 Å². The van der Waals surface area contributed by atoms with Crippen LogP contribution in [-0.4, -0.2) is 46.5 Å². The van der Waals surface area contributed by atoms with Crippen LogP contribution in [0.2, 0.25) is 0 Å². The molecule has 10 heteroatoms. The monoisotopic (exact) mass is 467 g/mol. The standard InChI is InChI=1S/C23H25F4N3O3/c1-14-9-17(24)20(28-10-14)30-12-19(31)29(18(21(30)32)13-33-22(2,3)4)11-15-5-7-16(8-6-15)23(25,26)27/h5-10,18H,11-13H2,1-4H3. The molecule has 1 aliphatic rings. The first kappa shape index (κ1) is 24.6. The van der Waals surface area contributed by atoms with Crippen molar-refractivity contribution in [1.29, 1.82) is 0 Å². The third-order valence-corrected chi connectivity index (χ3v) is 5.06. The number of amides is 2. The zero-order valence-corrected chi connectivity index (χ0v) is 18.7. The number of rotatable bonds is 5. The summed E-state index contributed by atoms with van der Waals surface area (Å²) in [6.45, 7) is 6.27. The number of hydrogen-bond donors (Lipinski definition) is 0. The summed E-state index contributed by atoms with van der Waals surface area (Å²) in [6, 6.07) is 4.48. The molecule has 0 bridgehead atoms. The van der Waals surface area contributed by atoms with Gasteiger partial charge in [0, 0.05) is 12.7 Å². The van der Waals surface area contributed by atoms with Gasteiger partial charge in [0.1, 0.15) is 12.6 Å². The Hall–Kier alpha value is -3.01. The Morgan fingerprint density at radius 3 is 2.30 bits per heavy atom. The highest BCUT2D eigenvalue weighted by atomic mass is 19.4. The zero-order valence-electron chi connectivity index (χ0n) is 18.7. The first-order valence-electron chi connectivity index (χ1n) is 10.3. The minimum absolute atomic E-state index is 0.0987. The summed E-state index contributed by atoms with van der Waals surface area (Å²) in [7, 11) is 0. The molecule has 1 unspecified atom stereocenters. The Morgan fingerprint density at radius 1 is 1.12 bits per heavy atom. The number of piperazine rings is 1. The number of hydrogen-bond acceptors (Lipinski definition) is 4. The van der Waals surface area contributed by atoms with Crippen molar-refractivity contribution in [3.63, 3.8) is 0 Å². The third kappa shape index (κ3) is 5.87. The SMILES string of the molecule is Cc1cnc(N2CC(=O)N(Cc3ccc(C(F)(F)F)cc3)C(COC(C)(C)C)C2=O)c(F)c1. The summed E-state index contributed by atoms with van der Waals surface area (Å²) in [6.07, 6.45) is -3.09. The molecular weight excluding hydrogens is 442 g/mol. The van der Waals surface area contributed by atoms with Gasteiger partial charge in [-0.05, 0) is 57.0 Å². The minimum atomic E-state index is -4.48. The van der Waals surface area contributed by atoms with Gasteiger partial charge in [-0.15, -0.1) is 0 Å². The van der Waals surface area contributed by atoms with Gasteiger partial charge in [0.05, 0.1) is 17.8 Å². The topological polar surface area (TPSA) is 62.7 Å². The highest BCUT2D eigenvalue weighted by molar-refractivity contribution is 6.06. The fourth-order valence-electron chi connectivity index (χ4n) is 3.38. The fraction of sp³-hybridized carbons (Fsp3) is 0.435. The Morgan fingerprint density at radius 2 is 1.76 bits per heavy atom. The van der Waals surface area contributed by atoms with E-state index in [1.165, 1.54) is 29.3 Å². The number of anilines is 1. The number of alkyl halides is 3. The van der Waals surface area contributed by atoms with Gasteiger partial charge in [0.15, 0.2) is 11.6 Å². The van der Waals surface area contributed by atoms with Crippen LogP contribution >= 0.6 is 0 Å². The van der Waals surface area contributed by atoms with Crippen LogP contribution in [0, 0.1) is 12.7 Å². The maximum Gasteiger partial charge on any atom is 0.416 e. The Kier molecular flexibility index (Phi) is 6.78. The molecule has 1 fully saturated rings. The molecule has 0 N–H and O–H groups in total. The van der Waals surface area contributed by atoms with Gasteiger partial charge in [0.2, 0.25) is 5.91 Å². The lowest BCUT2D eigenvalue weighted by molar-refractivity contribution is -0.148. The van der Waals surface area contributed by atoms with E-state index in [1.807, 2.05) is 0 Å². The predicted octanol–water partition coefficient (Wildman–Crippen LogP) is 4.11. The lowest BCUT2D eigenvalue weighted by Crippen LogP contribution is -2.62. The van der Waals surface area contributed by atoms with E-state index in [4.69, 9.17) is 4.74 Å². The molecule has 0 saturated carbocycles. The average Bonchev–Trinajstić information content (AvgIpc) is 2.69. The summed E-state index contributed by atoms with van der Waals surface area (Å²) in [4.78, 5) is 32.5. The van der Waals surface area contributed by atoms with Crippen LogP contribution in [0.4, 0.5) is 23.4 Å². The first-order chi connectivity index (χ1) is 15.3. The van der Waals surface area contributed by atoms with Crippen LogP contribution < -0.4 is 4.90 Å². The average molecular weight is 467 g/mol. The van der Waals surface area contributed by atoms with Crippen LogP contribution in [0.3, 0.4) is 0 Å². The van der Waals surface area contributed by atoms with Crippen molar-refractivity contribution in [2.45, 2.75) is 52.1 Å². The van der Waals surface area contributed by atoms with Crippen molar-refractivity contribution in [1.82, 2.24) is 9.88 Å². The highest BCUT2D eigenvalue weighted by Gasteiger charge is 2.42. The molecule has 1 aliphatic heterocycles. The predicted molar refractivity (Wildman–Crippen MR) is 113 cm³/mol. The van der Waals surface area contributed by atoms with Crippen molar-refractivity contribution in [3.05, 3.63) is 59.0 Å². The lowest BCUT2D eigenvalue weighted by Gasteiger charge is -2.40. The molecule has 178 valence electrons. The van der Waals surface area contributed by atoms with Crippen LogP contribution in [0.1, 0.15) is 37.5 Å². The molecule has 0 radical (unpaired) electrons. The Balaban J connectivity index is 1.90. The second-order valence-electron chi connectivity index (χ2n) is 8.90. The number of carbonyl (C=O) groups is 2. The molecule has 1 aromatic heterocycles. The van der Waals surface area contributed by atoms with Gasteiger partial charge in [-0.1, -0.05) is 12.1 Å². The van der Waals surface area contributed by atoms with Crippen LogP contribution in [0.5, 0.6) is 0 Å². The van der Waals surface area contributed by atoms with Gasteiger partial charge < -0.3 is 9.64 Å². The van der Waals surface area contributed by atoms with Crippen LogP contribution in [0.25, 0.3) is 0 Å². The third-order valence-electron chi connectivity index (χ3n) is 5.06. The van der Waals surface area contributed by atoms with E-state index in [-0.39, 0.29) is 19.0 Å². The number of halogens is 4. The second-order valence-corrected chi connectivity index (χ2v) is 8.90. The second kappa shape index (κ2) is 9.09. The number of carbonyl (C=O) groups excluding carboxylic acids is 2. The number of aryl methyl sites for hydroxylation is 1. The van der Waals surface area contributed by atoms with Crippen molar-refractivity contribution < 1.29 is 31.9 Å². The molecule has 2 amide bonds. The number of benzene rings is 1. The number of pyridine rings is 1. The molecular formula is C23H25F4N3O3. The molecule has 6 nitrogen and oxygen atoms in total. The van der Waals surface area contributed by atoms with Crippen molar-refractivity contribution in [3.8, 4) is 0 Å². The zero-order chi connectivity index (χ0) is 24.6. The van der Waals surface area contributed by atoms with Gasteiger partial charge >= 0.3 is 6.18 Å². The minimum Gasteiger partial charge on any atom is -0.373 e. The molecule has 1 aromatic carbocycles. The van der Waals surface area contributed by atoms with E-state index in [1.54, 1.807) is 27.7 Å². The summed E-state index contributed by atoms with van der Waals surface area (Å²) < 4.78 is 58.8. The number of nitrogens with zero attached hydrogens (tertiary/aromatic N) is 3. The maximum atomic E-state index is 14.5. The lowest BCUT2D eigenvalue weighted by atomic mass is 10.1. The molecule has 1 saturated heterocycles. The van der Waals surface area contributed by atoms with E-state index < -0.39 is 47.6 Å². The normalized spacial score (nSPS) is 17.6. The van der Waals surface area contributed by atoms with E-state index in [0.29, 0.717) is 11.1 Å². The smallest absolute Gasteiger partial charge is 0.373 e. The number of aromatic nitrogens is 1. The molecule has 2 heterocycles. The van der Waals surface area contributed by atoms with E-state index in [2.05, 4.69) is 4.98 Å². The fourth-order valence-corrected chi connectivity index (χ4v) is 3.38. The molecule has 2 aromatic rings. The molecule has 33 heavy (non-hydrogen) atoms. The summed E-state index contributed by atoms with van der Waals surface area (Å²) >= 11 is 0. The summed E-state index contributed by atoms with van der Waals surface area (Å²) in [5.41, 5.74) is -0.465. The van der Waals surface area contributed by atoms with Crippen LogP contribution in [-0.2, 0) is 27.0 Å². The molecule has 0 aliphatic carbocycles. The number of ether oxygens (including phenoxy) is 1. The van der Waals surface area contributed by atoms with E-state index >= 15 is 0 Å². The summed E-state index contributed by atoms with van der Waals surface area (Å²) in [5.74, 6) is -2.07. The Bertz CT molecular complexity index is 1030. The van der Waals surface area contributed by atoms with Gasteiger partial charge in [-0.2, -0.15) is 13.2 Å². The van der Waals surface area contributed by atoms with Gasteiger partial charge in [-0.25, -0.2) is 9.37 Å². The van der Waals surface area contributed by atoms with Crippen molar-refractivity contribution in [2.75, 3.05) is 18.1 Å². The largest absolute Gasteiger partial charge is 0.416 e. The quantitative estimate of drug-likeness (QED) is 0.621. The molecule has 0 spiro atoms. The first-order valence-corrected chi connectivity index (χ1v) is 10.3. The highest BCUT2D eigenvalue weighted by Crippen LogP contribution is 2.30. The van der Waals surface area contributed by atoms with Crippen molar-refractivity contribution in [2.24, 2.45) is 0 Å². The van der Waals surface area contributed by atoms with Gasteiger partial charge in [-0.3, -0.25) is 14.5 Å². The van der Waals surface area contributed by atoms with Gasteiger partial charge in [0.25, 0.3) is 5.91 Å². The molecule has 3 rings (SSSR count). The summed E-state index contributed by atoms with van der Waals surface area (Å²) in [5, 5.41) is 0. The maximum absolute atomic E-state index is 14.5. The van der Waals surface area contributed by atoms with E-state index in [9.17, 15) is 27.2 Å².